The molecule has 2 aromatic rings. The summed E-state index contributed by atoms with van der Waals surface area (Å²) in [5, 5.41) is 3.09. The van der Waals surface area contributed by atoms with Crippen LogP contribution in [-0.4, -0.2) is 31.1 Å². The van der Waals surface area contributed by atoms with Crippen molar-refractivity contribution in [2.45, 2.75) is 0 Å². The van der Waals surface area contributed by atoms with Gasteiger partial charge in [-0.2, -0.15) is 0 Å². The number of hydrogen-bond donors (Lipinski definition) is 1. The second kappa shape index (κ2) is 7.66. The van der Waals surface area contributed by atoms with Gasteiger partial charge in [0, 0.05) is 12.1 Å². The molecule has 0 saturated carbocycles. The van der Waals surface area contributed by atoms with Gasteiger partial charge >= 0.3 is 6.03 Å². The van der Waals surface area contributed by atoms with Crippen molar-refractivity contribution in [2.24, 2.45) is 0 Å². The molecule has 0 radical (unpaired) electrons. The predicted octanol–water partition coefficient (Wildman–Crippen LogP) is 4.02. The third kappa shape index (κ3) is 4.63. The zero-order valence-corrected chi connectivity index (χ0v) is 12.8. The van der Waals surface area contributed by atoms with Gasteiger partial charge in [0.2, 0.25) is 0 Å². The molecule has 0 aliphatic carbocycles. The van der Waals surface area contributed by atoms with Crippen LogP contribution in [-0.2, 0) is 0 Å². The molecule has 0 aliphatic heterocycles. The minimum atomic E-state index is -0.473. The number of amides is 2. The fraction of sp³-hybridized carbons (Fsp3) is 0.188. The lowest BCUT2D eigenvalue weighted by atomic mass is 10.3. The lowest BCUT2D eigenvalue weighted by molar-refractivity contribution is 0.207. The third-order valence-electron chi connectivity index (χ3n) is 2.95. The van der Waals surface area contributed by atoms with Gasteiger partial charge in [-0.1, -0.05) is 29.8 Å². The van der Waals surface area contributed by atoms with Gasteiger partial charge in [-0.25, -0.2) is 9.18 Å². The zero-order chi connectivity index (χ0) is 15.9. The Bertz CT molecular complexity index is 652. The number of para-hydroxylation sites is 1. The quantitative estimate of drug-likeness (QED) is 0.903. The van der Waals surface area contributed by atoms with Gasteiger partial charge in [-0.15, -0.1) is 0 Å². The maximum Gasteiger partial charge on any atom is 0.321 e. The molecule has 0 atom stereocenters. The summed E-state index contributed by atoms with van der Waals surface area (Å²) in [6, 6.07) is 12.6. The van der Waals surface area contributed by atoms with Crippen LogP contribution < -0.4 is 10.1 Å². The number of carbonyl (C=O) groups excluding carboxylic acids is 1. The second-order valence-corrected chi connectivity index (χ2v) is 5.07. The number of ether oxygens (including phenoxy) is 1. The van der Waals surface area contributed by atoms with Crippen LogP contribution >= 0.6 is 11.6 Å². The minimum absolute atomic E-state index is 0.148. The van der Waals surface area contributed by atoms with Crippen LogP contribution in [0.3, 0.4) is 0 Å². The zero-order valence-electron chi connectivity index (χ0n) is 12.1. The number of nitrogens with zero attached hydrogens (tertiary/aromatic N) is 1. The van der Waals surface area contributed by atoms with E-state index in [0.29, 0.717) is 23.9 Å². The van der Waals surface area contributed by atoms with Crippen molar-refractivity contribution in [1.82, 2.24) is 4.90 Å². The highest BCUT2D eigenvalue weighted by atomic mass is 35.5. The van der Waals surface area contributed by atoms with Gasteiger partial charge in [0.1, 0.15) is 18.2 Å². The van der Waals surface area contributed by atoms with Crippen LogP contribution in [0.25, 0.3) is 0 Å². The number of nitrogens with one attached hydrogen (secondary N) is 1. The molecule has 0 aliphatic rings. The Morgan fingerprint density at radius 1 is 1.27 bits per heavy atom. The fourth-order valence-corrected chi connectivity index (χ4v) is 1.91. The molecule has 2 amide bonds. The van der Waals surface area contributed by atoms with Gasteiger partial charge < -0.3 is 15.0 Å². The Kier molecular flexibility index (Phi) is 5.61. The van der Waals surface area contributed by atoms with Crippen LogP contribution in [0.4, 0.5) is 14.9 Å². The summed E-state index contributed by atoms with van der Waals surface area (Å²) in [6.45, 7) is 0.661. The van der Waals surface area contributed by atoms with E-state index in [1.54, 1.807) is 43.4 Å². The lowest BCUT2D eigenvalue weighted by Crippen LogP contribution is -2.34. The van der Waals surface area contributed by atoms with E-state index in [1.807, 2.05) is 0 Å². The van der Waals surface area contributed by atoms with E-state index in [4.69, 9.17) is 16.3 Å². The van der Waals surface area contributed by atoms with Crippen molar-refractivity contribution in [3.8, 4) is 5.75 Å². The maximum absolute atomic E-state index is 13.5. The summed E-state index contributed by atoms with van der Waals surface area (Å²) >= 11 is 5.85. The van der Waals surface area contributed by atoms with Crippen molar-refractivity contribution in [2.75, 3.05) is 25.5 Å². The molecule has 116 valence electrons. The van der Waals surface area contributed by atoms with Crippen LogP contribution in [0.15, 0.2) is 48.5 Å². The Balaban J connectivity index is 1.80. The highest BCUT2D eigenvalue weighted by Gasteiger charge is 2.11. The van der Waals surface area contributed by atoms with Crippen molar-refractivity contribution in [3.05, 3.63) is 59.4 Å². The summed E-state index contributed by atoms with van der Waals surface area (Å²) in [5.41, 5.74) is 0.148. The first-order chi connectivity index (χ1) is 10.6. The first-order valence-electron chi connectivity index (χ1n) is 6.71. The summed E-state index contributed by atoms with van der Waals surface area (Å²) < 4.78 is 19.0. The summed E-state index contributed by atoms with van der Waals surface area (Å²) in [6.07, 6.45) is 0. The van der Waals surface area contributed by atoms with E-state index in [1.165, 1.54) is 17.0 Å². The molecule has 0 aromatic heterocycles. The van der Waals surface area contributed by atoms with E-state index in [9.17, 15) is 9.18 Å². The van der Waals surface area contributed by atoms with Crippen molar-refractivity contribution in [3.63, 3.8) is 0 Å². The Labute approximate surface area is 133 Å². The van der Waals surface area contributed by atoms with Gasteiger partial charge in [0.15, 0.2) is 0 Å². The van der Waals surface area contributed by atoms with Gasteiger partial charge in [-0.3, -0.25) is 0 Å². The Hall–Kier alpha value is -2.27. The molecule has 22 heavy (non-hydrogen) atoms. The minimum Gasteiger partial charge on any atom is -0.492 e. The molecule has 4 nitrogen and oxygen atoms in total. The number of benzene rings is 2. The molecule has 0 bridgehead atoms. The summed E-state index contributed by atoms with van der Waals surface area (Å²) in [4.78, 5) is 13.3. The highest BCUT2D eigenvalue weighted by molar-refractivity contribution is 6.30. The largest absolute Gasteiger partial charge is 0.492 e. The van der Waals surface area contributed by atoms with Crippen molar-refractivity contribution >= 4 is 23.3 Å². The van der Waals surface area contributed by atoms with Crippen LogP contribution in [0.5, 0.6) is 5.75 Å². The Morgan fingerprint density at radius 2 is 2.05 bits per heavy atom. The molecule has 0 spiro atoms. The average molecular weight is 323 g/mol. The van der Waals surface area contributed by atoms with Crippen LogP contribution in [0.1, 0.15) is 0 Å². The molecule has 2 aromatic carbocycles. The fourth-order valence-electron chi connectivity index (χ4n) is 1.73. The number of urea groups is 1. The average Bonchev–Trinajstić information content (AvgIpc) is 2.49. The van der Waals surface area contributed by atoms with Crippen LogP contribution in [0, 0.1) is 5.82 Å². The number of likely N-dealkylation sites (N-methyl/N-ethyl adjacent to an activating group) is 1. The number of carbonyl (C=O) groups is 1. The van der Waals surface area contributed by atoms with E-state index < -0.39 is 11.8 Å². The normalized spacial score (nSPS) is 10.1. The van der Waals surface area contributed by atoms with Gasteiger partial charge in [0.25, 0.3) is 0 Å². The monoisotopic (exact) mass is 322 g/mol. The van der Waals surface area contributed by atoms with E-state index in [-0.39, 0.29) is 5.69 Å². The maximum atomic E-state index is 13.5. The van der Waals surface area contributed by atoms with E-state index in [2.05, 4.69) is 5.32 Å². The topological polar surface area (TPSA) is 41.6 Å². The molecule has 2 rings (SSSR count). The van der Waals surface area contributed by atoms with Crippen LogP contribution in [0.2, 0.25) is 5.02 Å². The molecule has 6 heteroatoms. The molecular weight excluding hydrogens is 307 g/mol. The molecular formula is C16H16ClFN2O2. The van der Waals surface area contributed by atoms with Crippen molar-refractivity contribution in [1.29, 1.82) is 0 Å². The first kappa shape index (κ1) is 16.1. The molecule has 0 heterocycles. The molecule has 0 saturated heterocycles. The van der Waals surface area contributed by atoms with Gasteiger partial charge in [-0.05, 0) is 30.3 Å². The first-order valence-corrected chi connectivity index (χ1v) is 7.09. The second-order valence-electron chi connectivity index (χ2n) is 4.64. The third-order valence-corrected chi connectivity index (χ3v) is 3.19. The summed E-state index contributed by atoms with van der Waals surface area (Å²) in [7, 11) is 1.61. The standard InChI is InChI=1S/C16H16ClFN2O2/c1-20(9-10-22-13-6-4-5-12(17)11-13)16(21)19-15-8-3-2-7-14(15)18/h2-8,11H,9-10H2,1H3,(H,19,21). The predicted molar refractivity (Wildman–Crippen MR) is 85.0 cm³/mol. The lowest BCUT2D eigenvalue weighted by Gasteiger charge is -2.18. The highest BCUT2D eigenvalue weighted by Crippen LogP contribution is 2.17. The number of anilines is 1. The van der Waals surface area contributed by atoms with E-state index in [0.717, 1.165) is 0 Å². The SMILES string of the molecule is CN(CCOc1cccc(Cl)c1)C(=O)Nc1ccccc1F. The van der Waals surface area contributed by atoms with Gasteiger partial charge in [0.05, 0.1) is 12.2 Å². The van der Waals surface area contributed by atoms with E-state index >= 15 is 0 Å². The molecule has 0 fully saturated rings. The number of halogens is 2. The summed E-state index contributed by atoms with van der Waals surface area (Å²) in [5.74, 6) is 0.162. The number of hydrogen-bond acceptors (Lipinski definition) is 2. The Morgan fingerprint density at radius 3 is 2.77 bits per heavy atom. The number of rotatable bonds is 5. The van der Waals surface area contributed by atoms with Crippen molar-refractivity contribution < 1.29 is 13.9 Å². The smallest absolute Gasteiger partial charge is 0.321 e. The molecule has 1 N–H and O–H groups in total. The molecule has 0 unspecified atom stereocenters.